The van der Waals surface area contributed by atoms with Crippen LogP contribution in [0.4, 0.5) is 0 Å². The van der Waals surface area contributed by atoms with Gasteiger partial charge >= 0.3 is 0 Å². The molecule has 0 unspecified atom stereocenters. The van der Waals surface area contributed by atoms with Crippen LogP contribution < -0.4 is 0 Å². The van der Waals surface area contributed by atoms with E-state index in [9.17, 15) is 0 Å². The Labute approximate surface area is 123 Å². The molecule has 0 bridgehead atoms. The number of hydrogen-bond donors (Lipinski definition) is 1. The van der Waals surface area contributed by atoms with Crippen LogP contribution >= 0.6 is 34.9 Å². The molecule has 3 aromatic heterocycles. The molecule has 0 aliphatic carbocycles. The van der Waals surface area contributed by atoms with Gasteiger partial charge in [-0.05, 0) is 37.5 Å². The molecule has 3 rings (SSSR count). The molecule has 7 heteroatoms. The highest BCUT2D eigenvalue weighted by atomic mass is 32.1. The lowest BCUT2D eigenvalue weighted by Gasteiger charge is -2.08. The molecule has 98 valence electrons. The van der Waals surface area contributed by atoms with Crippen LogP contribution in [0.15, 0.2) is 22.9 Å². The fourth-order valence-corrected chi connectivity index (χ4v) is 3.81. The van der Waals surface area contributed by atoms with Gasteiger partial charge in [0, 0.05) is 11.4 Å². The average Bonchev–Trinajstić information content (AvgIpc) is 3.07. The Hall–Kier alpha value is -1.31. The number of thiazole rings is 1. The van der Waals surface area contributed by atoms with Gasteiger partial charge in [-0.3, -0.25) is 9.67 Å². The smallest absolute Gasteiger partial charge is 0.195 e. The van der Waals surface area contributed by atoms with E-state index in [0.717, 1.165) is 16.5 Å². The van der Waals surface area contributed by atoms with Crippen LogP contribution in [0.5, 0.6) is 0 Å². The first kappa shape index (κ1) is 12.7. The Bertz CT molecular complexity index is 733. The minimum atomic E-state index is 0.258. The Kier molecular flexibility index (Phi) is 3.34. The zero-order valence-electron chi connectivity index (χ0n) is 10.5. The molecule has 0 aromatic carbocycles. The second kappa shape index (κ2) is 4.99. The Morgan fingerprint density at radius 2 is 2.21 bits per heavy atom. The van der Waals surface area contributed by atoms with Crippen LogP contribution in [0.3, 0.4) is 0 Å². The lowest BCUT2D eigenvalue weighted by molar-refractivity contribution is 0.596. The average molecular weight is 308 g/mol. The predicted octanol–water partition coefficient (Wildman–Crippen LogP) is 4.37. The second-order valence-electron chi connectivity index (χ2n) is 4.33. The first-order chi connectivity index (χ1) is 9.16. The summed E-state index contributed by atoms with van der Waals surface area (Å²) in [5, 5.41) is 12.2. The van der Waals surface area contributed by atoms with Crippen molar-refractivity contribution in [2.24, 2.45) is 0 Å². The Balaban J connectivity index is 2.07. The first-order valence-corrected chi connectivity index (χ1v) is 8.00. The zero-order valence-corrected chi connectivity index (χ0v) is 12.9. The van der Waals surface area contributed by atoms with Gasteiger partial charge in [-0.2, -0.15) is 5.10 Å². The van der Waals surface area contributed by atoms with Crippen LogP contribution in [0.2, 0.25) is 0 Å². The maximum Gasteiger partial charge on any atom is 0.195 e. The highest BCUT2D eigenvalue weighted by molar-refractivity contribution is 7.71. The quantitative estimate of drug-likeness (QED) is 0.731. The van der Waals surface area contributed by atoms with E-state index < -0.39 is 0 Å². The third kappa shape index (κ3) is 2.29. The van der Waals surface area contributed by atoms with Crippen LogP contribution in [0, 0.1) is 4.77 Å². The van der Waals surface area contributed by atoms with Gasteiger partial charge in [-0.25, -0.2) is 4.98 Å². The molecule has 0 aliphatic heterocycles. The number of rotatable bonds is 3. The molecule has 1 N–H and O–H groups in total. The second-order valence-corrected chi connectivity index (χ2v) is 6.52. The van der Waals surface area contributed by atoms with Crippen molar-refractivity contribution >= 4 is 34.9 Å². The minimum Gasteiger partial charge on any atom is -0.296 e. The molecule has 3 heterocycles. The van der Waals surface area contributed by atoms with Gasteiger partial charge in [0.05, 0.1) is 4.88 Å². The van der Waals surface area contributed by atoms with E-state index in [1.807, 2.05) is 16.0 Å². The molecule has 0 aliphatic rings. The van der Waals surface area contributed by atoms with Gasteiger partial charge in [-0.1, -0.05) is 6.07 Å². The monoisotopic (exact) mass is 308 g/mol. The summed E-state index contributed by atoms with van der Waals surface area (Å²) in [5.74, 6) is 0.805. The summed E-state index contributed by atoms with van der Waals surface area (Å²) in [6, 6.07) is 4.37. The number of hydrogen-bond acceptors (Lipinski definition) is 5. The topological polar surface area (TPSA) is 46.5 Å². The molecular formula is C12H12N4S3. The summed E-state index contributed by atoms with van der Waals surface area (Å²) in [6.07, 6.45) is 0. The van der Waals surface area contributed by atoms with E-state index in [1.165, 1.54) is 4.88 Å². The first-order valence-electron chi connectivity index (χ1n) is 5.83. The van der Waals surface area contributed by atoms with E-state index >= 15 is 0 Å². The van der Waals surface area contributed by atoms with Gasteiger partial charge in [0.25, 0.3) is 0 Å². The van der Waals surface area contributed by atoms with E-state index in [4.69, 9.17) is 12.2 Å². The molecule has 0 atom stereocenters. The summed E-state index contributed by atoms with van der Waals surface area (Å²) in [7, 11) is 0. The molecule has 0 fully saturated rings. The van der Waals surface area contributed by atoms with Crippen LogP contribution in [-0.2, 0) is 0 Å². The van der Waals surface area contributed by atoms with Crippen molar-refractivity contribution in [1.29, 1.82) is 0 Å². The van der Waals surface area contributed by atoms with Crippen LogP contribution in [-0.4, -0.2) is 19.7 Å². The molecule has 0 saturated heterocycles. The summed E-state index contributed by atoms with van der Waals surface area (Å²) >= 11 is 8.58. The summed E-state index contributed by atoms with van der Waals surface area (Å²) in [4.78, 5) is 5.84. The van der Waals surface area contributed by atoms with Crippen molar-refractivity contribution in [1.82, 2.24) is 19.7 Å². The van der Waals surface area contributed by atoms with Crippen molar-refractivity contribution in [3.63, 3.8) is 0 Å². The lowest BCUT2D eigenvalue weighted by atomic mass is 10.3. The molecule has 19 heavy (non-hydrogen) atoms. The van der Waals surface area contributed by atoms with Crippen molar-refractivity contribution in [2.45, 2.75) is 19.9 Å². The van der Waals surface area contributed by atoms with Gasteiger partial charge in [0.15, 0.2) is 10.6 Å². The van der Waals surface area contributed by atoms with E-state index in [1.54, 1.807) is 22.7 Å². The standard InChI is InChI=1S/C12H12N4S3/c1-7(2)16-10(14-15-12(16)17)8-6-19-11(13-8)9-4-3-5-18-9/h3-7H,1-2H3,(H,15,17). The molecule has 0 saturated carbocycles. The number of aromatic amines is 1. The fourth-order valence-electron chi connectivity index (χ4n) is 1.85. The molecule has 0 amide bonds. The van der Waals surface area contributed by atoms with Gasteiger partial charge < -0.3 is 0 Å². The molecule has 3 aromatic rings. The number of H-pyrrole nitrogens is 1. The molecular weight excluding hydrogens is 296 g/mol. The third-order valence-electron chi connectivity index (χ3n) is 2.69. The lowest BCUT2D eigenvalue weighted by Crippen LogP contribution is -2.03. The van der Waals surface area contributed by atoms with E-state index in [-0.39, 0.29) is 6.04 Å². The van der Waals surface area contributed by atoms with Crippen molar-refractivity contribution in [2.75, 3.05) is 0 Å². The van der Waals surface area contributed by atoms with Gasteiger partial charge in [0.1, 0.15) is 10.7 Å². The third-order valence-corrected chi connectivity index (χ3v) is 4.86. The van der Waals surface area contributed by atoms with Crippen molar-refractivity contribution in [3.8, 4) is 21.4 Å². The zero-order chi connectivity index (χ0) is 13.4. The van der Waals surface area contributed by atoms with E-state index in [0.29, 0.717) is 4.77 Å². The van der Waals surface area contributed by atoms with Gasteiger partial charge in [0.2, 0.25) is 0 Å². The van der Waals surface area contributed by atoms with E-state index in [2.05, 4.69) is 40.5 Å². The van der Waals surface area contributed by atoms with Crippen LogP contribution in [0.1, 0.15) is 19.9 Å². The number of nitrogens with one attached hydrogen (secondary N) is 1. The minimum absolute atomic E-state index is 0.258. The fraction of sp³-hybridized carbons (Fsp3) is 0.250. The normalized spacial score (nSPS) is 11.3. The summed E-state index contributed by atoms with van der Waals surface area (Å²) < 4.78 is 2.62. The Morgan fingerprint density at radius 3 is 2.89 bits per heavy atom. The SMILES string of the molecule is CC(C)n1c(-c2csc(-c3cccs3)n2)n[nH]c1=S. The predicted molar refractivity (Wildman–Crippen MR) is 82.2 cm³/mol. The largest absolute Gasteiger partial charge is 0.296 e. The summed E-state index contributed by atoms with van der Waals surface area (Å²) in [5.41, 5.74) is 0.870. The molecule has 0 radical (unpaired) electrons. The summed E-state index contributed by atoms with van der Waals surface area (Å²) in [6.45, 7) is 4.17. The van der Waals surface area contributed by atoms with Crippen molar-refractivity contribution in [3.05, 3.63) is 27.7 Å². The van der Waals surface area contributed by atoms with Gasteiger partial charge in [-0.15, -0.1) is 22.7 Å². The maximum atomic E-state index is 5.26. The molecule has 0 spiro atoms. The highest BCUT2D eigenvalue weighted by Crippen LogP contribution is 2.31. The van der Waals surface area contributed by atoms with Crippen molar-refractivity contribution < 1.29 is 0 Å². The maximum absolute atomic E-state index is 5.26. The van der Waals surface area contributed by atoms with Crippen LogP contribution in [0.25, 0.3) is 21.4 Å². The number of aromatic nitrogens is 4. The number of thiophene rings is 1. The highest BCUT2D eigenvalue weighted by Gasteiger charge is 2.15. The molecule has 4 nitrogen and oxygen atoms in total. The number of nitrogens with zero attached hydrogens (tertiary/aromatic N) is 3. The Morgan fingerprint density at radius 1 is 1.37 bits per heavy atom.